The Morgan fingerprint density at radius 1 is 1.50 bits per heavy atom. The highest BCUT2D eigenvalue weighted by molar-refractivity contribution is 5.78. The third-order valence-corrected chi connectivity index (χ3v) is 2.48. The molecule has 84 valence electrons. The highest BCUT2D eigenvalue weighted by atomic mass is 16.1. The Hall–Kier alpha value is -0.610. The SMILES string of the molecule is CCC(CN)C(=O)NCCN(C)CC. The van der Waals surface area contributed by atoms with E-state index < -0.39 is 0 Å². The second kappa shape index (κ2) is 7.76. The molecule has 1 amide bonds. The fourth-order valence-corrected chi connectivity index (χ4v) is 1.13. The molecule has 14 heavy (non-hydrogen) atoms. The lowest BCUT2D eigenvalue weighted by molar-refractivity contribution is -0.124. The topological polar surface area (TPSA) is 58.4 Å². The Morgan fingerprint density at radius 2 is 2.14 bits per heavy atom. The monoisotopic (exact) mass is 201 g/mol. The Kier molecular flexibility index (Phi) is 7.42. The van der Waals surface area contributed by atoms with Gasteiger partial charge in [0.15, 0.2) is 0 Å². The lowest BCUT2D eigenvalue weighted by atomic mass is 10.1. The van der Waals surface area contributed by atoms with Crippen molar-refractivity contribution < 1.29 is 4.79 Å². The maximum absolute atomic E-state index is 11.5. The number of nitrogens with zero attached hydrogens (tertiary/aromatic N) is 1. The molecule has 0 saturated heterocycles. The first-order chi connectivity index (χ1) is 6.65. The van der Waals surface area contributed by atoms with Gasteiger partial charge in [0.25, 0.3) is 0 Å². The van der Waals surface area contributed by atoms with Gasteiger partial charge >= 0.3 is 0 Å². The summed E-state index contributed by atoms with van der Waals surface area (Å²) >= 11 is 0. The van der Waals surface area contributed by atoms with Gasteiger partial charge in [-0.05, 0) is 20.0 Å². The zero-order valence-electron chi connectivity index (χ0n) is 9.55. The van der Waals surface area contributed by atoms with Crippen LogP contribution in [0.1, 0.15) is 20.3 Å². The second-order valence-electron chi connectivity index (χ2n) is 3.53. The van der Waals surface area contributed by atoms with Crippen LogP contribution in [0.3, 0.4) is 0 Å². The average Bonchev–Trinajstić information content (AvgIpc) is 2.19. The molecule has 0 fully saturated rings. The van der Waals surface area contributed by atoms with Crippen molar-refractivity contribution in [3.63, 3.8) is 0 Å². The minimum atomic E-state index is -0.0260. The third-order valence-electron chi connectivity index (χ3n) is 2.48. The summed E-state index contributed by atoms with van der Waals surface area (Å²) in [5.74, 6) is 0.0569. The smallest absolute Gasteiger partial charge is 0.224 e. The number of rotatable bonds is 7. The summed E-state index contributed by atoms with van der Waals surface area (Å²) in [5, 5.41) is 2.89. The van der Waals surface area contributed by atoms with Crippen molar-refractivity contribution >= 4 is 5.91 Å². The van der Waals surface area contributed by atoms with E-state index in [4.69, 9.17) is 5.73 Å². The summed E-state index contributed by atoms with van der Waals surface area (Å²) in [6.07, 6.45) is 0.811. The minimum Gasteiger partial charge on any atom is -0.355 e. The van der Waals surface area contributed by atoms with Gasteiger partial charge in [-0.2, -0.15) is 0 Å². The zero-order valence-corrected chi connectivity index (χ0v) is 9.55. The van der Waals surface area contributed by atoms with Gasteiger partial charge in [0.05, 0.1) is 0 Å². The van der Waals surface area contributed by atoms with Crippen molar-refractivity contribution in [3.8, 4) is 0 Å². The highest BCUT2D eigenvalue weighted by Gasteiger charge is 2.13. The summed E-state index contributed by atoms with van der Waals surface area (Å²) in [4.78, 5) is 13.6. The van der Waals surface area contributed by atoms with Crippen LogP contribution in [0.5, 0.6) is 0 Å². The van der Waals surface area contributed by atoms with E-state index in [-0.39, 0.29) is 11.8 Å². The Balaban J connectivity index is 3.62. The van der Waals surface area contributed by atoms with Gasteiger partial charge in [0, 0.05) is 25.6 Å². The van der Waals surface area contributed by atoms with Crippen molar-refractivity contribution in [3.05, 3.63) is 0 Å². The summed E-state index contributed by atoms with van der Waals surface area (Å²) in [6.45, 7) is 7.12. The molecule has 3 N–H and O–H groups in total. The molecule has 0 aliphatic rings. The van der Waals surface area contributed by atoms with Crippen LogP contribution >= 0.6 is 0 Å². The van der Waals surface area contributed by atoms with Crippen LogP contribution < -0.4 is 11.1 Å². The Morgan fingerprint density at radius 3 is 2.57 bits per heavy atom. The van der Waals surface area contributed by atoms with Gasteiger partial charge in [-0.25, -0.2) is 0 Å². The molecule has 0 spiro atoms. The van der Waals surface area contributed by atoms with E-state index in [1.807, 2.05) is 14.0 Å². The average molecular weight is 201 g/mol. The van der Waals surface area contributed by atoms with Crippen LogP contribution in [0.25, 0.3) is 0 Å². The fourth-order valence-electron chi connectivity index (χ4n) is 1.13. The van der Waals surface area contributed by atoms with Gasteiger partial charge in [-0.3, -0.25) is 4.79 Å². The number of amides is 1. The molecule has 0 aliphatic heterocycles. The van der Waals surface area contributed by atoms with Gasteiger partial charge in [-0.15, -0.1) is 0 Å². The van der Waals surface area contributed by atoms with E-state index in [1.54, 1.807) is 0 Å². The normalized spacial score (nSPS) is 12.9. The molecule has 0 aromatic rings. The number of nitrogens with one attached hydrogen (secondary N) is 1. The molecular weight excluding hydrogens is 178 g/mol. The first-order valence-electron chi connectivity index (χ1n) is 5.31. The fraction of sp³-hybridized carbons (Fsp3) is 0.900. The molecule has 0 heterocycles. The quantitative estimate of drug-likeness (QED) is 0.611. The maximum atomic E-state index is 11.5. The van der Waals surface area contributed by atoms with Crippen molar-refractivity contribution in [2.45, 2.75) is 20.3 Å². The standard InChI is InChI=1S/C10H23N3O/c1-4-9(8-11)10(14)12-6-7-13(3)5-2/h9H,4-8,11H2,1-3H3,(H,12,14). The molecule has 1 atom stereocenters. The van der Waals surface area contributed by atoms with E-state index in [2.05, 4.69) is 17.1 Å². The van der Waals surface area contributed by atoms with Gasteiger partial charge in [-0.1, -0.05) is 13.8 Å². The molecule has 4 nitrogen and oxygen atoms in total. The lowest BCUT2D eigenvalue weighted by Gasteiger charge is -2.16. The zero-order chi connectivity index (χ0) is 11.0. The molecule has 0 aliphatic carbocycles. The van der Waals surface area contributed by atoms with Crippen LogP contribution in [0.2, 0.25) is 0 Å². The molecular formula is C10H23N3O. The lowest BCUT2D eigenvalue weighted by Crippen LogP contribution is -2.38. The summed E-state index contributed by atoms with van der Waals surface area (Å²) in [6, 6.07) is 0. The van der Waals surface area contributed by atoms with Crippen LogP contribution in [-0.4, -0.2) is 44.0 Å². The van der Waals surface area contributed by atoms with Gasteiger partial charge in [0.2, 0.25) is 5.91 Å². The minimum absolute atomic E-state index is 0.0260. The van der Waals surface area contributed by atoms with Crippen molar-refractivity contribution in [2.75, 3.05) is 33.2 Å². The molecule has 1 unspecified atom stereocenters. The molecule has 0 aromatic carbocycles. The molecule has 0 bridgehead atoms. The summed E-state index contributed by atoms with van der Waals surface area (Å²) in [7, 11) is 2.03. The van der Waals surface area contributed by atoms with E-state index in [0.717, 1.165) is 19.5 Å². The van der Waals surface area contributed by atoms with Crippen molar-refractivity contribution in [1.82, 2.24) is 10.2 Å². The van der Waals surface area contributed by atoms with Crippen molar-refractivity contribution in [1.29, 1.82) is 0 Å². The molecule has 4 heteroatoms. The number of nitrogens with two attached hydrogens (primary N) is 1. The highest BCUT2D eigenvalue weighted by Crippen LogP contribution is 1.98. The van der Waals surface area contributed by atoms with Crippen molar-refractivity contribution in [2.24, 2.45) is 11.7 Å². The third kappa shape index (κ3) is 5.19. The van der Waals surface area contributed by atoms with Gasteiger partial charge in [0.1, 0.15) is 0 Å². The Bertz CT molecular complexity index is 157. The molecule has 0 radical (unpaired) electrons. The molecule has 0 saturated carbocycles. The second-order valence-corrected chi connectivity index (χ2v) is 3.53. The van der Waals surface area contributed by atoms with Crippen LogP contribution in [-0.2, 0) is 4.79 Å². The van der Waals surface area contributed by atoms with Crippen LogP contribution in [0.4, 0.5) is 0 Å². The van der Waals surface area contributed by atoms with E-state index in [0.29, 0.717) is 13.1 Å². The first kappa shape index (κ1) is 13.4. The van der Waals surface area contributed by atoms with E-state index in [9.17, 15) is 4.79 Å². The molecule has 0 rings (SSSR count). The predicted octanol–water partition coefficient (Wildman–Crippen LogP) is 0.0392. The first-order valence-corrected chi connectivity index (χ1v) is 5.31. The largest absolute Gasteiger partial charge is 0.355 e. The number of carbonyl (C=O) groups excluding carboxylic acids is 1. The number of hydrogen-bond donors (Lipinski definition) is 2. The molecule has 0 aromatic heterocycles. The van der Waals surface area contributed by atoms with Crippen LogP contribution in [0.15, 0.2) is 0 Å². The van der Waals surface area contributed by atoms with E-state index in [1.165, 1.54) is 0 Å². The number of hydrogen-bond acceptors (Lipinski definition) is 3. The summed E-state index contributed by atoms with van der Waals surface area (Å²) < 4.78 is 0. The predicted molar refractivity (Wildman–Crippen MR) is 59.0 cm³/mol. The van der Waals surface area contributed by atoms with Crippen LogP contribution in [0, 0.1) is 5.92 Å². The number of likely N-dealkylation sites (N-methyl/N-ethyl adjacent to an activating group) is 1. The summed E-state index contributed by atoms with van der Waals surface area (Å²) in [5.41, 5.74) is 5.47. The Labute approximate surface area is 86.8 Å². The van der Waals surface area contributed by atoms with E-state index >= 15 is 0 Å². The maximum Gasteiger partial charge on any atom is 0.224 e. The van der Waals surface area contributed by atoms with Gasteiger partial charge < -0.3 is 16.0 Å². The number of carbonyl (C=O) groups is 1.